The highest BCUT2D eigenvalue weighted by Gasteiger charge is 2.30. The van der Waals surface area contributed by atoms with Crippen molar-refractivity contribution in [1.29, 1.82) is 5.41 Å². The van der Waals surface area contributed by atoms with Gasteiger partial charge in [0.05, 0.1) is 11.0 Å². The van der Waals surface area contributed by atoms with Crippen molar-refractivity contribution in [2.75, 3.05) is 5.73 Å². The molecular weight excluding hydrogens is 420 g/mol. The average molecular weight is 436 g/mol. The highest BCUT2D eigenvalue weighted by Crippen LogP contribution is 2.42. The molecule has 0 saturated carbocycles. The van der Waals surface area contributed by atoms with E-state index in [0.717, 1.165) is 0 Å². The first-order valence-corrected chi connectivity index (χ1v) is 10.9. The number of rotatable bonds is 4. The zero-order valence-electron chi connectivity index (χ0n) is 15.0. The summed E-state index contributed by atoms with van der Waals surface area (Å²) in [5.41, 5.74) is 6.09. The van der Waals surface area contributed by atoms with Crippen LogP contribution in [0.15, 0.2) is 57.2 Å². The fourth-order valence-corrected chi connectivity index (χ4v) is 4.67. The molecule has 1 aromatic carbocycles. The van der Waals surface area contributed by atoms with E-state index in [1.165, 1.54) is 30.3 Å². The average Bonchev–Trinajstić information content (AvgIpc) is 2.57. The minimum Gasteiger partial charge on any atom is -0.453 e. The highest BCUT2D eigenvalue weighted by atomic mass is 32.2. The van der Waals surface area contributed by atoms with Crippen molar-refractivity contribution in [2.45, 2.75) is 16.7 Å². The number of nitrogens with one attached hydrogen (secondary N) is 1. The summed E-state index contributed by atoms with van der Waals surface area (Å²) >= 11 is 0. The summed E-state index contributed by atoms with van der Waals surface area (Å²) in [6, 6.07) is 5.30. The molecule has 1 aromatic rings. The van der Waals surface area contributed by atoms with E-state index in [-0.39, 0.29) is 16.6 Å². The monoisotopic (exact) mass is 436 g/mol. The lowest BCUT2D eigenvalue weighted by Gasteiger charge is -2.19. The molecule has 0 aromatic heterocycles. The second kappa shape index (κ2) is 6.81. The molecule has 0 fully saturated rings. The number of anilines is 1. The first-order chi connectivity index (χ1) is 13.4. The lowest BCUT2D eigenvalue weighted by Crippen LogP contribution is -2.16. The van der Waals surface area contributed by atoms with Gasteiger partial charge < -0.3 is 10.2 Å². The molecule has 0 amide bonds. The molecule has 11 heteroatoms. The summed E-state index contributed by atoms with van der Waals surface area (Å²) in [5.74, 6) is -0.449. The molecule has 0 saturated heterocycles. The van der Waals surface area contributed by atoms with Gasteiger partial charge in [-0.15, -0.1) is 0 Å². The second-order valence-electron chi connectivity index (χ2n) is 6.19. The van der Waals surface area contributed by atoms with E-state index < -0.39 is 46.7 Å². The standard InChI is InChI=1S/C18H16N2O7S2/c1-3-4-9(2)14-10-5-7-12(19)17(28(21,22)23)15(10)27-16-11(14)6-8-13(20)18(16)29(24,25)26/h3-8,19H,1,20H2,2H3,(H,21,22,23)(H,24,25,26)/b9-4+,19-12?. The van der Waals surface area contributed by atoms with Crippen LogP contribution in [0.3, 0.4) is 0 Å². The van der Waals surface area contributed by atoms with Crippen molar-refractivity contribution in [3.8, 4) is 11.3 Å². The summed E-state index contributed by atoms with van der Waals surface area (Å²) in [6.07, 6.45) is 3.07. The smallest absolute Gasteiger partial charge is 0.300 e. The predicted octanol–water partition coefficient (Wildman–Crippen LogP) is 2.68. The Morgan fingerprint density at radius 2 is 1.72 bits per heavy atom. The van der Waals surface area contributed by atoms with Gasteiger partial charge in [0.2, 0.25) is 0 Å². The Balaban J connectivity index is 2.78. The summed E-state index contributed by atoms with van der Waals surface area (Å²) in [6.45, 7) is 5.27. The van der Waals surface area contributed by atoms with Crippen LogP contribution in [-0.2, 0) is 20.2 Å². The zero-order valence-corrected chi connectivity index (χ0v) is 16.6. The quantitative estimate of drug-likeness (QED) is 0.209. The van der Waals surface area contributed by atoms with Crippen LogP contribution in [0.5, 0.6) is 0 Å². The molecule has 2 aliphatic rings. The normalized spacial score (nSPS) is 13.1. The molecule has 1 heterocycles. The molecule has 3 rings (SSSR count). The molecule has 1 aliphatic carbocycles. The van der Waals surface area contributed by atoms with Crippen molar-refractivity contribution < 1.29 is 30.4 Å². The number of hydrogen-bond acceptors (Lipinski definition) is 7. The lowest BCUT2D eigenvalue weighted by atomic mass is 9.94. The summed E-state index contributed by atoms with van der Waals surface area (Å²) < 4.78 is 72.5. The van der Waals surface area contributed by atoms with Crippen molar-refractivity contribution >= 4 is 42.5 Å². The van der Waals surface area contributed by atoms with Gasteiger partial charge in [0, 0.05) is 10.9 Å². The predicted molar refractivity (Wildman–Crippen MR) is 107 cm³/mol. The minimum atomic E-state index is -4.91. The van der Waals surface area contributed by atoms with E-state index in [4.69, 9.17) is 15.6 Å². The third-order valence-corrected chi connectivity index (χ3v) is 6.13. The third kappa shape index (κ3) is 3.44. The lowest BCUT2D eigenvalue weighted by molar-refractivity contribution is 0.477. The van der Waals surface area contributed by atoms with Crippen LogP contribution in [0, 0.1) is 5.41 Å². The second-order valence-corrected chi connectivity index (χ2v) is 8.91. The van der Waals surface area contributed by atoms with E-state index >= 15 is 0 Å². The molecule has 0 unspecified atom stereocenters. The molecule has 152 valence electrons. The van der Waals surface area contributed by atoms with Gasteiger partial charge in [0.15, 0.2) is 21.1 Å². The molecule has 29 heavy (non-hydrogen) atoms. The first-order valence-electron chi connectivity index (χ1n) is 7.99. The molecule has 9 nitrogen and oxygen atoms in total. The summed E-state index contributed by atoms with van der Waals surface area (Å²) in [7, 11) is -9.77. The molecule has 0 radical (unpaired) electrons. The first kappa shape index (κ1) is 20.7. The molecule has 0 atom stereocenters. The number of hydrogen-bond donors (Lipinski definition) is 4. The van der Waals surface area contributed by atoms with Crippen molar-refractivity contribution in [2.24, 2.45) is 0 Å². The van der Waals surface area contributed by atoms with E-state index in [9.17, 15) is 25.9 Å². The number of fused-ring (bicyclic) bond motifs is 2. The SMILES string of the molecule is C=C/C=C(\C)c1c2ccc(=N)c(S(=O)(=O)O)c-2oc2c(S(=O)(=O)O)c(N)ccc12. The Kier molecular flexibility index (Phi) is 4.87. The maximum atomic E-state index is 11.9. The Hall–Kier alpha value is -2.99. The zero-order chi connectivity index (χ0) is 21.7. The number of nitrogens with two attached hydrogens (primary N) is 1. The topological polar surface area (TPSA) is 172 Å². The van der Waals surface area contributed by atoms with Crippen LogP contribution < -0.4 is 11.1 Å². The number of nitrogen functional groups attached to an aromatic ring is 1. The van der Waals surface area contributed by atoms with Crippen LogP contribution in [0.25, 0.3) is 27.9 Å². The Morgan fingerprint density at radius 3 is 2.28 bits per heavy atom. The van der Waals surface area contributed by atoms with Gasteiger partial charge in [0.25, 0.3) is 20.2 Å². The Bertz CT molecular complexity index is 1450. The fourth-order valence-electron chi connectivity index (χ4n) is 3.19. The molecule has 0 bridgehead atoms. The van der Waals surface area contributed by atoms with Crippen LogP contribution in [0.2, 0.25) is 0 Å². The molecule has 1 aliphatic heterocycles. The maximum Gasteiger partial charge on any atom is 0.300 e. The van der Waals surface area contributed by atoms with Gasteiger partial charge >= 0.3 is 0 Å². The van der Waals surface area contributed by atoms with E-state index in [0.29, 0.717) is 11.1 Å². The molecule has 5 N–H and O–H groups in total. The van der Waals surface area contributed by atoms with Gasteiger partial charge in [-0.2, -0.15) is 16.8 Å². The van der Waals surface area contributed by atoms with Crippen LogP contribution >= 0.6 is 0 Å². The van der Waals surface area contributed by atoms with Gasteiger partial charge in [0.1, 0.15) is 0 Å². The van der Waals surface area contributed by atoms with Crippen molar-refractivity contribution in [3.63, 3.8) is 0 Å². The van der Waals surface area contributed by atoms with Crippen molar-refractivity contribution in [3.05, 3.63) is 53.9 Å². The van der Waals surface area contributed by atoms with Gasteiger partial charge in [-0.1, -0.05) is 18.7 Å². The fraction of sp³-hybridized carbons (Fsp3) is 0.0556. The molecular formula is C18H16N2O7S2. The third-order valence-electron chi connectivity index (χ3n) is 4.28. The highest BCUT2D eigenvalue weighted by molar-refractivity contribution is 7.86. The van der Waals surface area contributed by atoms with Gasteiger partial charge in [-0.3, -0.25) is 14.5 Å². The van der Waals surface area contributed by atoms with E-state index in [1.807, 2.05) is 0 Å². The summed E-state index contributed by atoms with van der Waals surface area (Å²) in [5, 5.41) is 7.53. The van der Waals surface area contributed by atoms with Crippen LogP contribution in [-0.4, -0.2) is 25.9 Å². The van der Waals surface area contributed by atoms with E-state index in [2.05, 4.69) is 6.58 Å². The van der Waals surface area contributed by atoms with Crippen molar-refractivity contribution in [1.82, 2.24) is 0 Å². The number of benzene rings is 2. The number of allylic oxidation sites excluding steroid dienone is 3. The Labute approximate surface area is 166 Å². The van der Waals surface area contributed by atoms with Crippen LogP contribution in [0.4, 0.5) is 5.69 Å². The summed E-state index contributed by atoms with van der Waals surface area (Å²) in [4.78, 5) is -1.59. The van der Waals surface area contributed by atoms with Gasteiger partial charge in [-0.05, 0) is 42.3 Å². The van der Waals surface area contributed by atoms with Crippen LogP contribution in [0.1, 0.15) is 12.5 Å². The van der Waals surface area contributed by atoms with Gasteiger partial charge in [-0.25, -0.2) is 0 Å². The largest absolute Gasteiger partial charge is 0.453 e. The maximum absolute atomic E-state index is 11.9. The Morgan fingerprint density at radius 1 is 1.10 bits per heavy atom. The molecule has 0 spiro atoms. The van der Waals surface area contributed by atoms with E-state index in [1.54, 1.807) is 13.0 Å². The minimum absolute atomic E-state index is 0.197.